The third-order valence-corrected chi connectivity index (χ3v) is 3.50. The van der Waals surface area contributed by atoms with E-state index >= 15 is 0 Å². The van der Waals surface area contributed by atoms with Gasteiger partial charge >= 0.3 is 0 Å². The van der Waals surface area contributed by atoms with Crippen LogP contribution < -0.4 is 5.32 Å². The molecule has 0 radical (unpaired) electrons. The van der Waals surface area contributed by atoms with Crippen molar-refractivity contribution in [2.24, 2.45) is 0 Å². The molecule has 0 saturated heterocycles. The second-order valence-electron chi connectivity index (χ2n) is 3.92. The minimum Gasteiger partial charge on any atom is -0.386 e. The van der Waals surface area contributed by atoms with Gasteiger partial charge in [0.1, 0.15) is 6.10 Å². The van der Waals surface area contributed by atoms with Crippen LogP contribution in [0.1, 0.15) is 24.5 Å². The number of aliphatic hydroxyl groups excluding tert-OH is 1. The molecule has 1 unspecified atom stereocenters. The molecule has 2 N–H and O–H groups in total. The van der Waals surface area contributed by atoms with Crippen LogP contribution in [0, 0.1) is 0 Å². The Balaban J connectivity index is 2.12. The van der Waals surface area contributed by atoms with Gasteiger partial charge in [0.2, 0.25) is 0 Å². The van der Waals surface area contributed by atoms with E-state index in [1.165, 1.54) is 0 Å². The van der Waals surface area contributed by atoms with Crippen molar-refractivity contribution in [3.63, 3.8) is 0 Å². The minimum atomic E-state index is -0.319. The Labute approximate surface area is 85.1 Å². The standard InChI is InChI=1S/C10H10BrNO/c11-6-1-2-8-7(5-6)9(13)10(12-8)3-4-10/h1-2,5,9,12-13H,3-4H2. The largest absolute Gasteiger partial charge is 0.386 e. The maximum atomic E-state index is 10.0. The van der Waals surface area contributed by atoms with E-state index in [1.807, 2.05) is 18.2 Å². The lowest BCUT2D eigenvalue weighted by atomic mass is 10.1. The Morgan fingerprint density at radius 2 is 2.23 bits per heavy atom. The molecular weight excluding hydrogens is 230 g/mol. The summed E-state index contributed by atoms with van der Waals surface area (Å²) in [6.07, 6.45) is 1.85. The van der Waals surface area contributed by atoms with Crippen molar-refractivity contribution in [2.45, 2.75) is 24.5 Å². The number of halogens is 1. The van der Waals surface area contributed by atoms with Crippen molar-refractivity contribution in [1.29, 1.82) is 0 Å². The summed E-state index contributed by atoms with van der Waals surface area (Å²) in [5.74, 6) is 0. The molecule has 3 heteroatoms. The third kappa shape index (κ3) is 0.973. The zero-order valence-electron chi connectivity index (χ0n) is 7.05. The number of nitrogens with one attached hydrogen (secondary N) is 1. The highest BCUT2D eigenvalue weighted by atomic mass is 79.9. The minimum absolute atomic E-state index is 0.0108. The highest BCUT2D eigenvalue weighted by Gasteiger charge is 2.54. The molecule has 1 heterocycles. The normalized spacial score (nSPS) is 27.1. The quantitative estimate of drug-likeness (QED) is 0.729. The molecular formula is C10H10BrNO. The molecule has 13 heavy (non-hydrogen) atoms. The van der Waals surface area contributed by atoms with E-state index in [-0.39, 0.29) is 11.6 Å². The van der Waals surface area contributed by atoms with Crippen LogP contribution in [0.5, 0.6) is 0 Å². The summed E-state index contributed by atoms with van der Waals surface area (Å²) in [6, 6.07) is 6.02. The van der Waals surface area contributed by atoms with Gasteiger partial charge in [-0.05, 0) is 31.0 Å². The highest BCUT2D eigenvalue weighted by molar-refractivity contribution is 9.10. The second-order valence-corrected chi connectivity index (χ2v) is 4.83. The summed E-state index contributed by atoms with van der Waals surface area (Å²) in [5.41, 5.74) is 2.11. The molecule has 1 fully saturated rings. The van der Waals surface area contributed by atoms with E-state index in [9.17, 15) is 5.11 Å². The molecule has 2 nitrogen and oxygen atoms in total. The second kappa shape index (κ2) is 2.28. The third-order valence-electron chi connectivity index (χ3n) is 3.00. The van der Waals surface area contributed by atoms with Crippen LogP contribution >= 0.6 is 15.9 Å². The van der Waals surface area contributed by atoms with Gasteiger partial charge in [-0.2, -0.15) is 0 Å². The molecule has 1 aliphatic carbocycles. The summed E-state index contributed by atoms with van der Waals surface area (Å²) in [5, 5.41) is 13.4. The van der Waals surface area contributed by atoms with E-state index in [0.29, 0.717) is 0 Å². The first-order valence-corrected chi connectivity index (χ1v) is 5.26. The maximum absolute atomic E-state index is 10.0. The van der Waals surface area contributed by atoms with Crippen LogP contribution in [0.4, 0.5) is 5.69 Å². The summed E-state index contributed by atoms with van der Waals surface area (Å²) in [7, 11) is 0. The lowest BCUT2D eigenvalue weighted by Gasteiger charge is -2.12. The zero-order valence-corrected chi connectivity index (χ0v) is 8.63. The molecule has 1 atom stereocenters. The smallest absolute Gasteiger partial charge is 0.104 e. The van der Waals surface area contributed by atoms with Crippen LogP contribution in [-0.2, 0) is 0 Å². The number of rotatable bonds is 0. The number of anilines is 1. The molecule has 0 amide bonds. The van der Waals surface area contributed by atoms with Crippen molar-refractivity contribution in [2.75, 3.05) is 5.32 Å². The number of hydrogen-bond donors (Lipinski definition) is 2. The molecule has 2 aliphatic rings. The van der Waals surface area contributed by atoms with E-state index in [2.05, 4.69) is 21.2 Å². The van der Waals surface area contributed by atoms with Crippen molar-refractivity contribution in [3.8, 4) is 0 Å². The predicted molar refractivity (Wildman–Crippen MR) is 54.7 cm³/mol. The Morgan fingerprint density at radius 1 is 1.46 bits per heavy atom. The first-order chi connectivity index (χ1) is 6.21. The molecule has 1 aliphatic heterocycles. The van der Waals surface area contributed by atoms with Crippen LogP contribution in [0.3, 0.4) is 0 Å². The van der Waals surface area contributed by atoms with Crippen molar-refractivity contribution in [3.05, 3.63) is 28.2 Å². The average Bonchev–Trinajstić information content (AvgIpc) is 2.83. The van der Waals surface area contributed by atoms with Crippen LogP contribution in [0.25, 0.3) is 0 Å². The molecule has 3 rings (SSSR count). The van der Waals surface area contributed by atoms with Crippen molar-refractivity contribution in [1.82, 2.24) is 0 Å². The van der Waals surface area contributed by atoms with Gasteiger partial charge in [0.05, 0.1) is 5.54 Å². The Kier molecular flexibility index (Phi) is 1.37. The lowest BCUT2D eigenvalue weighted by Crippen LogP contribution is -2.21. The van der Waals surface area contributed by atoms with E-state index in [0.717, 1.165) is 28.6 Å². The van der Waals surface area contributed by atoms with Gasteiger partial charge in [-0.3, -0.25) is 0 Å². The van der Waals surface area contributed by atoms with E-state index in [4.69, 9.17) is 0 Å². The van der Waals surface area contributed by atoms with Crippen LogP contribution in [-0.4, -0.2) is 10.6 Å². The highest BCUT2D eigenvalue weighted by Crippen LogP contribution is 2.55. The molecule has 1 aromatic carbocycles. The molecule has 0 bridgehead atoms. The van der Waals surface area contributed by atoms with Gasteiger partial charge in [0.25, 0.3) is 0 Å². The molecule has 1 spiro atoms. The topological polar surface area (TPSA) is 32.3 Å². The number of benzene rings is 1. The molecule has 1 aromatic rings. The van der Waals surface area contributed by atoms with Gasteiger partial charge in [0.15, 0.2) is 0 Å². The van der Waals surface area contributed by atoms with Gasteiger partial charge < -0.3 is 10.4 Å². The molecule has 1 saturated carbocycles. The van der Waals surface area contributed by atoms with Gasteiger partial charge in [-0.25, -0.2) is 0 Å². The fraction of sp³-hybridized carbons (Fsp3) is 0.400. The summed E-state index contributed by atoms with van der Waals surface area (Å²) in [6.45, 7) is 0. The van der Waals surface area contributed by atoms with Gasteiger partial charge in [0, 0.05) is 15.7 Å². The molecule has 0 aromatic heterocycles. The first-order valence-electron chi connectivity index (χ1n) is 4.47. The summed E-state index contributed by atoms with van der Waals surface area (Å²) >= 11 is 3.41. The maximum Gasteiger partial charge on any atom is 0.104 e. The Hall–Kier alpha value is -0.540. The first kappa shape index (κ1) is 7.83. The summed E-state index contributed by atoms with van der Waals surface area (Å²) in [4.78, 5) is 0. The molecule has 68 valence electrons. The number of fused-ring (bicyclic) bond motifs is 1. The van der Waals surface area contributed by atoms with E-state index in [1.54, 1.807) is 0 Å². The summed E-state index contributed by atoms with van der Waals surface area (Å²) < 4.78 is 1.03. The Morgan fingerprint density at radius 3 is 2.92 bits per heavy atom. The fourth-order valence-electron chi connectivity index (χ4n) is 2.04. The lowest BCUT2D eigenvalue weighted by molar-refractivity contribution is 0.155. The number of aliphatic hydroxyl groups is 1. The Bertz CT molecular complexity index is 373. The van der Waals surface area contributed by atoms with E-state index < -0.39 is 0 Å². The average molecular weight is 240 g/mol. The van der Waals surface area contributed by atoms with Crippen molar-refractivity contribution >= 4 is 21.6 Å². The monoisotopic (exact) mass is 239 g/mol. The predicted octanol–water partition coefficient (Wildman–Crippen LogP) is 2.44. The van der Waals surface area contributed by atoms with Crippen LogP contribution in [0.15, 0.2) is 22.7 Å². The van der Waals surface area contributed by atoms with Crippen LogP contribution in [0.2, 0.25) is 0 Å². The van der Waals surface area contributed by atoms with Gasteiger partial charge in [-0.1, -0.05) is 15.9 Å². The van der Waals surface area contributed by atoms with Gasteiger partial charge in [-0.15, -0.1) is 0 Å². The zero-order chi connectivity index (χ0) is 9.05. The number of hydrogen-bond acceptors (Lipinski definition) is 2. The van der Waals surface area contributed by atoms with Crippen molar-refractivity contribution < 1.29 is 5.11 Å². The SMILES string of the molecule is OC1c2cc(Br)ccc2NC12CC2. The fourth-order valence-corrected chi connectivity index (χ4v) is 2.42.